The van der Waals surface area contributed by atoms with E-state index in [0.717, 1.165) is 37.6 Å². The summed E-state index contributed by atoms with van der Waals surface area (Å²) in [6.07, 6.45) is 1.86. The van der Waals surface area contributed by atoms with Crippen molar-refractivity contribution >= 4 is 5.91 Å². The first-order chi connectivity index (χ1) is 11.0. The molecule has 1 saturated heterocycles. The van der Waals surface area contributed by atoms with Crippen molar-refractivity contribution in [1.29, 1.82) is 0 Å². The number of nitrogens with two attached hydrogens (primary N) is 1. The maximum absolute atomic E-state index is 10.9. The number of primary amides is 1. The van der Waals surface area contributed by atoms with Crippen LogP contribution in [0.3, 0.4) is 0 Å². The molecule has 2 aromatic rings. The van der Waals surface area contributed by atoms with Crippen LogP contribution < -0.4 is 5.73 Å². The third kappa shape index (κ3) is 3.55. The predicted molar refractivity (Wildman–Crippen MR) is 78.5 cm³/mol. The first kappa shape index (κ1) is 15.6. The fourth-order valence-corrected chi connectivity index (χ4v) is 2.60. The lowest BCUT2D eigenvalue weighted by Gasteiger charge is -2.29. The van der Waals surface area contributed by atoms with Gasteiger partial charge in [-0.15, -0.1) is 0 Å². The van der Waals surface area contributed by atoms with E-state index in [2.05, 4.69) is 25.2 Å². The summed E-state index contributed by atoms with van der Waals surface area (Å²) >= 11 is 0. The molecule has 9 heteroatoms. The number of amides is 1. The van der Waals surface area contributed by atoms with Gasteiger partial charge in [0.1, 0.15) is 0 Å². The summed E-state index contributed by atoms with van der Waals surface area (Å²) in [5.74, 6) is 1.65. The van der Waals surface area contributed by atoms with Gasteiger partial charge in [0, 0.05) is 11.8 Å². The molecule has 0 spiro atoms. The third-order valence-corrected chi connectivity index (χ3v) is 3.95. The van der Waals surface area contributed by atoms with E-state index in [4.69, 9.17) is 14.8 Å². The van der Waals surface area contributed by atoms with Gasteiger partial charge in [0.05, 0.1) is 6.54 Å². The Hall–Kier alpha value is -2.29. The molecule has 0 saturated carbocycles. The third-order valence-electron chi connectivity index (χ3n) is 3.95. The Morgan fingerprint density at radius 2 is 2.00 bits per heavy atom. The van der Waals surface area contributed by atoms with Gasteiger partial charge in [0.15, 0.2) is 11.6 Å². The van der Waals surface area contributed by atoms with E-state index >= 15 is 0 Å². The number of rotatable bonds is 5. The molecule has 124 valence electrons. The van der Waals surface area contributed by atoms with Gasteiger partial charge >= 0.3 is 11.8 Å². The van der Waals surface area contributed by atoms with E-state index in [-0.39, 0.29) is 17.7 Å². The summed E-state index contributed by atoms with van der Waals surface area (Å²) < 4.78 is 10.2. The summed E-state index contributed by atoms with van der Waals surface area (Å²) in [5, 5.41) is 7.78. The lowest BCUT2D eigenvalue weighted by Crippen LogP contribution is -2.33. The van der Waals surface area contributed by atoms with Crippen LogP contribution in [-0.2, 0) is 6.54 Å². The molecule has 2 N–H and O–H groups in total. The van der Waals surface area contributed by atoms with E-state index in [0.29, 0.717) is 12.4 Å². The van der Waals surface area contributed by atoms with Crippen LogP contribution in [0.1, 0.15) is 66.7 Å². The maximum atomic E-state index is 10.9. The first-order valence-electron chi connectivity index (χ1n) is 7.71. The molecule has 0 bridgehead atoms. The molecule has 3 rings (SSSR count). The quantitative estimate of drug-likeness (QED) is 0.867. The average molecular weight is 320 g/mol. The number of likely N-dealkylation sites (tertiary alicyclic amines) is 1. The van der Waals surface area contributed by atoms with Gasteiger partial charge in [-0.3, -0.25) is 9.69 Å². The molecule has 0 atom stereocenters. The van der Waals surface area contributed by atoms with E-state index in [9.17, 15) is 4.79 Å². The number of piperidine rings is 1. The van der Waals surface area contributed by atoms with Gasteiger partial charge in [-0.1, -0.05) is 24.2 Å². The van der Waals surface area contributed by atoms with E-state index in [1.54, 1.807) is 0 Å². The smallest absolute Gasteiger partial charge is 0.315 e. The Morgan fingerprint density at radius 1 is 1.26 bits per heavy atom. The number of carbonyl (C=O) groups excluding carboxylic acids is 1. The Balaban J connectivity index is 1.54. The fraction of sp³-hybridized carbons (Fsp3) is 0.643. The maximum Gasteiger partial charge on any atom is 0.315 e. The zero-order valence-corrected chi connectivity index (χ0v) is 13.2. The minimum absolute atomic E-state index is 0.151. The zero-order chi connectivity index (χ0) is 16.4. The number of carbonyl (C=O) groups is 1. The topological polar surface area (TPSA) is 124 Å². The summed E-state index contributed by atoms with van der Waals surface area (Å²) in [6, 6.07) is 0. The van der Waals surface area contributed by atoms with Crippen LogP contribution >= 0.6 is 0 Å². The van der Waals surface area contributed by atoms with Crippen molar-refractivity contribution in [2.24, 2.45) is 5.73 Å². The van der Waals surface area contributed by atoms with Crippen molar-refractivity contribution in [2.45, 2.75) is 45.1 Å². The van der Waals surface area contributed by atoms with E-state index in [1.165, 1.54) is 0 Å². The number of nitrogens with zero attached hydrogens (tertiary/aromatic N) is 5. The van der Waals surface area contributed by atoms with Crippen LogP contribution in [0.15, 0.2) is 9.05 Å². The van der Waals surface area contributed by atoms with Crippen molar-refractivity contribution < 1.29 is 13.8 Å². The number of hydrogen-bond acceptors (Lipinski definition) is 8. The molecule has 1 amide bonds. The van der Waals surface area contributed by atoms with Gasteiger partial charge in [-0.2, -0.15) is 9.97 Å². The molecule has 0 aliphatic carbocycles. The van der Waals surface area contributed by atoms with Crippen molar-refractivity contribution in [3.63, 3.8) is 0 Å². The average Bonchev–Trinajstić information content (AvgIpc) is 3.17. The minimum atomic E-state index is -0.709. The SMILES string of the molecule is CC(C)c1noc(C2CCN(Cc3noc(C(N)=O)n3)CC2)n1. The molecule has 1 aliphatic rings. The largest absolute Gasteiger partial charge is 0.361 e. The summed E-state index contributed by atoms with van der Waals surface area (Å²) in [5.41, 5.74) is 5.09. The fourth-order valence-electron chi connectivity index (χ4n) is 2.60. The second-order valence-corrected chi connectivity index (χ2v) is 6.08. The van der Waals surface area contributed by atoms with Gasteiger partial charge in [0.25, 0.3) is 0 Å². The zero-order valence-electron chi connectivity index (χ0n) is 13.2. The molecule has 23 heavy (non-hydrogen) atoms. The van der Waals surface area contributed by atoms with Crippen LogP contribution in [0.4, 0.5) is 0 Å². The molecule has 1 fully saturated rings. The van der Waals surface area contributed by atoms with Crippen LogP contribution in [0.5, 0.6) is 0 Å². The summed E-state index contributed by atoms with van der Waals surface area (Å²) in [7, 11) is 0. The minimum Gasteiger partial charge on any atom is -0.361 e. The number of hydrogen-bond donors (Lipinski definition) is 1. The number of aromatic nitrogens is 4. The summed E-state index contributed by atoms with van der Waals surface area (Å²) in [6.45, 7) is 6.35. The molecule has 0 unspecified atom stereocenters. The predicted octanol–water partition coefficient (Wildman–Crippen LogP) is 1.05. The molecule has 0 aromatic carbocycles. The van der Waals surface area contributed by atoms with Gasteiger partial charge < -0.3 is 14.8 Å². The molecule has 3 heterocycles. The second kappa shape index (κ2) is 6.45. The molecule has 9 nitrogen and oxygen atoms in total. The van der Waals surface area contributed by atoms with Crippen molar-refractivity contribution in [2.75, 3.05) is 13.1 Å². The van der Waals surface area contributed by atoms with Crippen molar-refractivity contribution in [3.05, 3.63) is 23.4 Å². The lowest BCUT2D eigenvalue weighted by molar-refractivity contribution is 0.0958. The highest BCUT2D eigenvalue weighted by Crippen LogP contribution is 2.28. The Bertz CT molecular complexity index is 672. The highest BCUT2D eigenvalue weighted by molar-refractivity contribution is 5.87. The molecule has 0 radical (unpaired) electrons. The van der Waals surface area contributed by atoms with Crippen LogP contribution in [-0.4, -0.2) is 44.2 Å². The Labute approximate surface area is 133 Å². The molecular weight excluding hydrogens is 300 g/mol. The highest BCUT2D eigenvalue weighted by atomic mass is 16.5. The monoisotopic (exact) mass is 320 g/mol. The molecular formula is C14H20N6O3. The summed E-state index contributed by atoms with van der Waals surface area (Å²) in [4.78, 5) is 21.6. The first-order valence-corrected chi connectivity index (χ1v) is 7.71. The van der Waals surface area contributed by atoms with Gasteiger partial charge in [-0.25, -0.2) is 0 Å². The van der Waals surface area contributed by atoms with E-state index < -0.39 is 5.91 Å². The highest BCUT2D eigenvalue weighted by Gasteiger charge is 2.26. The van der Waals surface area contributed by atoms with Gasteiger partial charge in [-0.05, 0) is 25.9 Å². The van der Waals surface area contributed by atoms with Crippen molar-refractivity contribution in [1.82, 2.24) is 25.2 Å². The second-order valence-electron chi connectivity index (χ2n) is 6.08. The van der Waals surface area contributed by atoms with Crippen LogP contribution in [0, 0.1) is 0 Å². The Kier molecular flexibility index (Phi) is 4.37. The molecule has 1 aliphatic heterocycles. The standard InChI is InChI=1S/C14H20N6O3/c1-8(2)12-17-13(22-19-12)9-3-5-20(6-4-9)7-10-16-14(11(15)21)23-18-10/h8-9H,3-7H2,1-2H3,(H2,15,21). The molecule has 2 aromatic heterocycles. The van der Waals surface area contributed by atoms with E-state index in [1.807, 2.05) is 13.8 Å². The van der Waals surface area contributed by atoms with Crippen molar-refractivity contribution in [3.8, 4) is 0 Å². The Morgan fingerprint density at radius 3 is 2.57 bits per heavy atom. The lowest BCUT2D eigenvalue weighted by atomic mass is 9.97. The van der Waals surface area contributed by atoms with Crippen LogP contribution in [0.25, 0.3) is 0 Å². The normalized spacial score (nSPS) is 17.0. The van der Waals surface area contributed by atoms with Crippen LogP contribution in [0.2, 0.25) is 0 Å². The van der Waals surface area contributed by atoms with Gasteiger partial charge in [0.2, 0.25) is 5.89 Å².